The minimum Gasteiger partial charge on any atom is -0.462 e. The Hall–Kier alpha value is -3.27. The first kappa shape index (κ1) is 18.5. The van der Waals surface area contributed by atoms with E-state index in [-0.39, 0.29) is 11.7 Å². The number of nitrogen functional groups attached to an aromatic ring is 1. The highest BCUT2D eigenvalue weighted by Gasteiger charge is 2.15. The van der Waals surface area contributed by atoms with Crippen molar-refractivity contribution in [3.8, 4) is 11.6 Å². The van der Waals surface area contributed by atoms with Gasteiger partial charge in [-0.15, -0.1) is 10.2 Å². The summed E-state index contributed by atoms with van der Waals surface area (Å²) in [5.74, 6) is 6.24. The fraction of sp³-hybridized carbons (Fsp3) is 0.176. The fourth-order valence-corrected chi connectivity index (χ4v) is 2.84. The number of nitrogens with one attached hydrogen (secondary N) is 1. The van der Waals surface area contributed by atoms with Gasteiger partial charge in [0.15, 0.2) is 5.76 Å². The lowest BCUT2D eigenvalue weighted by Gasteiger charge is -2.06. The Kier molecular flexibility index (Phi) is 5.77. The van der Waals surface area contributed by atoms with Crippen LogP contribution in [-0.4, -0.2) is 39.1 Å². The molecule has 3 rings (SSSR count). The molecule has 0 unspecified atom stereocenters. The summed E-state index contributed by atoms with van der Waals surface area (Å²) in [7, 11) is 0. The van der Waals surface area contributed by atoms with Gasteiger partial charge in [-0.3, -0.25) is 4.79 Å². The number of amides is 1. The van der Waals surface area contributed by atoms with Crippen molar-refractivity contribution in [2.45, 2.75) is 12.1 Å². The molecule has 0 aliphatic rings. The average Bonchev–Trinajstić information content (AvgIpc) is 3.30. The third-order valence-electron chi connectivity index (χ3n) is 3.42. The van der Waals surface area contributed by atoms with Crippen LogP contribution in [0.5, 0.6) is 0 Å². The molecule has 0 saturated heterocycles. The molecule has 0 saturated carbocycles. The average molecular weight is 387 g/mol. The molecular formula is C17H17N5O4S. The SMILES string of the molecule is CCOC(=O)c1ccc(NC(=O)CSc2nnc(-c3ccco3)n2N)cc1. The highest BCUT2D eigenvalue weighted by molar-refractivity contribution is 7.99. The van der Waals surface area contributed by atoms with Crippen LogP contribution in [0, 0.1) is 0 Å². The maximum absolute atomic E-state index is 12.1. The molecule has 0 spiro atoms. The van der Waals surface area contributed by atoms with Crippen molar-refractivity contribution in [1.29, 1.82) is 0 Å². The Morgan fingerprint density at radius 1 is 1.26 bits per heavy atom. The van der Waals surface area contributed by atoms with Gasteiger partial charge in [-0.2, -0.15) is 0 Å². The molecule has 27 heavy (non-hydrogen) atoms. The molecule has 2 aromatic heterocycles. The molecule has 0 radical (unpaired) electrons. The predicted molar refractivity (Wildman–Crippen MR) is 99.6 cm³/mol. The number of esters is 1. The lowest BCUT2D eigenvalue weighted by molar-refractivity contribution is -0.113. The summed E-state index contributed by atoms with van der Waals surface area (Å²) in [5, 5.41) is 11.0. The number of hydrogen-bond donors (Lipinski definition) is 2. The highest BCUT2D eigenvalue weighted by Crippen LogP contribution is 2.22. The second-order valence-corrected chi connectivity index (χ2v) is 6.23. The number of nitrogens with zero attached hydrogens (tertiary/aromatic N) is 3. The number of rotatable bonds is 7. The second-order valence-electron chi connectivity index (χ2n) is 5.29. The van der Waals surface area contributed by atoms with Crippen LogP contribution in [0.3, 0.4) is 0 Å². The maximum atomic E-state index is 12.1. The van der Waals surface area contributed by atoms with E-state index in [9.17, 15) is 9.59 Å². The second kappa shape index (κ2) is 8.41. The maximum Gasteiger partial charge on any atom is 0.338 e. The van der Waals surface area contributed by atoms with Crippen LogP contribution in [-0.2, 0) is 9.53 Å². The van der Waals surface area contributed by atoms with E-state index in [0.29, 0.717) is 34.6 Å². The molecule has 0 bridgehead atoms. The third-order valence-corrected chi connectivity index (χ3v) is 4.36. The van der Waals surface area contributed by atoms with E-state index in [1.165, 1.54) is 10.9 Å². The molecular weight excluding hydrogens is 370 g/mol. The Labute approximate surface area is 158 Å². The molecule has 140 valence electrons. The number of carbonyl (C=O) groups is 2. The third kappa shape index (κ3) is 4.47. The molecule has 0 fully saturated rings. The van der Waals surface area contributed by atoms with Gasteiger partial charge >= 0.3 is 5.97 Å². The van der Waals surface area contributed by atoms with E-state index in [0.717, 1.165) is 11.8 Å². The normalized spacial score (nSPS) is 10.6. The van der Waals surface area contributed by atoms with Crippen molar-refractivity contribution in [2.75, 3.05) is 23.5 Å². The zero-order chi connectivity index (χ0) is 19.2. The van der Waals surface area contributed by atoms with E-state index in [4.69, 9.17) is 15.0 Å². The highest BCUT2D eigenvalue weighted by atomic mass is 32.2. The first-order valence-corrected chi connectivity index (χ1v) is 9.01. The zero-order valence-electron chi connectivity index (χ0n) is 14.4. The first-order valence-electron chi connectivity index (χ1n) is 8.02. The van der Waals surface area contributed by atoms with Crippen molar-refractivity contribution in [2.24, 2.45) is 0 Å². The lowest BCUT2D eigenvalue weighted by atomic mass is 10.2. The van der Waals surface area contributed by atoms with Crippen LogP contribution < -0.4 is 11.2 Å². The van der Waals surface area contributed by atoms with Crippen molar-refractivity contribution < 1.29 is 18.7 Å². The van der Waals surface area contributed by atoms with Gasteiger partial charge in [0.1, 0.15) is 0 Å². The van der Waals surface area contributed by atoms with Crippen molar-refractivity contribution in [3.05, 3.63) is 48.2 Å². The van der Waals surface area contributed by atoms with E-state index >= 15 is 0 Å². The number of benzene rings is 1. The van der Waals surface area contributed by atoms with Crippen LogP contribution in [0.25, 0.3) is 11.6 Å². The van der Waals surface area contributed by atoms with Gasteiger partial charge in [0.25, 0.3) is 0 Å². The summed E-state index contributed by atoms with van der Waals surface area (Å²) in [6.07, 6.45) is 1.51. The van der Waals surface area contributed by atoms with Crippen molar-refractivity contribution in [1.82, 2.24) is 14.9 Å². The molecule has 9 nitrogen and oxygen atoms in total. The Bertz CT molecular complexity index is 921. The number of hydrogen-bond acceptors (Lipinski definition) is 8. The molecule has 1 amide bonds. The van der Waals surface area contributed by atoms with Crippen LogP contribution in [0.4, 0.5) is 5.69 Å². The first-order chi connectivity index (χ1) is 13.1. The zero-order valence-corrected chi connectivity index (χ0v) is 15.2. The summed E-state index contributed by atoms with van der Waals surface area (Å²) < 4.78 is 11.4. The van der Waals surface area contributed by atoms with Gasteiger partial charge < -0.3 is 20.3 Å². The van der Waals surface area contributed by atoms with E-state index < -0.39 is 5.97 Å². The number of ether oxygens (including phenoxy) is 1. The Balaban J connectivity index is 1.55. The summed E-state index contributed by atoms with van der Waals surface area (Å²) in [6, 6.07) is 9.89. The number of anilines is 1. The molecule has 0 aliphatic heterocycles. The molecule has 2 heterocycles. The van der Waals surface area contributed by atoms with Gasteiger partial charge in [0.2, 0.25) is 16.9 Å². The van der Waals surface area contributed by atoms with Crippen molar-refractivity contribution in [3.63, 3.8) is 0 Å². The molecule has 10 heteroatoms. The lowest BCUT2D eigenvalue weighted by Crippen LogP contribution is -2.16. The fourth-order valence-electron chi connectivity index (χ4n) is 2.18. The number of carbonyl (C=O) groups excluding carboxylic acids is 2. The topological polar surface area (TPSA) is 125 Å². The summed E-state index contributed by atoms with van der Waals surface area (Å²) in [6.45, 7) is 2.05. The summed E-state index contributed by atoms with van der Waals surface area (Å²) >= 11 is 1.14. The van der Waals surface area contributed by atoms with Gasteiger partial charge in [0.05, 0.1) is 24.2 Å². The van der Waals surface area contributed by atoms with Gasteiger partial charge in [-0.1, -0.05) is 11.8 Å². The number of furan rings is 1. The van der Waals surface area contributed by atoms with E-state index in [1.54, 1.807) is 43.3 Å². The monoisotopic (exact) mass is 387 g/mol. The number of nitrogens with two attached hydrogens (primary N) is 1. The molecule has 3 aromatic rings. The Morgan fingerprint density at radius 2 is 2.04 bits per heavy atom. The van der Waals surface area contributed by atoms with Gasteiger partial charge in [-0.25, -0.2) is 9.47 Å². The van der Waals surface area contributed by atoms with Crippen LogP contribution in [0.2, 0.25) is 0 Å². The quantitative estimate of drug-likeness (QED) is 0.359. The van der Waals surface area contributed by atoms with Gasteiger partial charge in [-0.05, 0) is 43.3 Å². The molecule has 0 aliphatic carbocycles. The minimum atomic E-state index is -0.402. The number of aromatic nitrogens is 3. The Morgan fingerprint density at radius 3 is 2.70 bits per heavy atom. The largest absolute Gasteiger partial charge is 0.462 e. The summed E-state index contributed by atoms with van der Waals surface area (Å²) in [4.78, 5) is 23.7. The standard InChI is InChI=1S/C17H17N5O4S/c1-2-25-16(24)11-5-7-12(8-6-11)19-14(23)10-27-17-21-20-15(22(17)18)13-4-3-9-26-13/h3-9H,2,10,18H2,1H3,(H,19,23). The van der Waals surface area contributed by atoms with E-state index in [1.807, 2.05) is 0 Å². The predicted octanol–water partition coefficient (Wildman–Crippen LogP) is 2.16. The summed E-state index contributed by atoms with van der Waals surface area (Å²) in [5.41, 5.74) is 0.991. The van der Waals surface area contributed by atoms with Crippen LogP contribution in [0.15, 0.2) is 52.2 Å². The van der Waals surface area contributed by atoms with Crippen molar-refractivity contribution >= 4 is 29.3 Å². The van der Waals surface area contributed by atoms with Crippen LogP contribution in [0.1, 0.15) is 17.3 Å². The van der Waals surface area contributed by atoms with Crippen LogP contribution >= 0.6 is 11.8 Å². The number of thioether (sulfide) groups is 1. The van der Waals surface area contributed by atoms with E-state index in [2.05, 4.69) is 15.5 Å². The van der Waals surface area contributed by atoms with Gasteiger partial charge in [0, 0.05) is 5.69 Å². The minimum absolute atomic E-state index is 0.0904. The molecule has 1 aromatic carbocycles. The molecule has 3 N–H and O–H groups in total. The molecule has 0 atom stereocenters. The smallest absolute Gasteiger partial charge is 0.338 e.